The molecule has 1 nitrogen and oxygen atoms in total. The van der Waals surface area contributed by atoms with Crippen LogP contribution in [0.15, 0.2) is 0 Å². The van der Waals surface area contributed by atoms with Crippen LogP contribution in [0.4, 0.5) is 0 Å². The number of hydrogen-bond acceptors (Lipinski definition) is 2. The van der Waals surface area contributed by atoms with Gasteiger partial charge in [0, 0.05) is 6.04 Å². The number of nitrogens with one attached hydrogen (secondary N) is 1. The Hall–Kier alpha value is 0.310. The van der Waals surface area contributed by atoms with Gasteiger partial charge in [-0.1, -0.05) is 32.6 Å². The smallest absolute Gasteiger partial charge is 0.00387 e. The van der Waals surface area contributed by atoms with Gasteiger partial charge in [0.25, 0.3) is 0 Å². The van der Waals surface area contributed by atoms with Gasteiger partial charge in [-0.05, 0) is 44.7 Å². The fourth-order valence-electron chi connectivity index (χ4n) is 1.69. The van der Waals surface area contributed by atoms with E-state index in [2.05, 4.69) is 25.4 Å². The molecule has 0 amide bonds. The molecule has 0 aromatic carbocycles. The van der Waals surface area contributed by atoms with Gasteiger partial charge in [0.15, 0.2) is 0 Å². The summed E-state index contributed by atoms with van der Waals surface area (Å²) >= 11 is 1.96. The van der Waals surface area contributed by atoms with Gasteiger partial charge in [-0.2, -0.15) is 11.8 Å². The third-order valence-corrected chi connectivity index (χ3v) is 3.46. The molecule has 1 unspecified atom stereocenters. The zero-order chi connectivity index (χ0) is 11.4. The van der Waals surface area contributed by atoms with Crippen molar-refractivity contribution in [2.24, 2.45) is 0 Å². The Balaban J connectivity index is 3.02. The summed E-state index contributed by atoms with van der Waals surface area (Å²) in [5.74, 6) is 1.33. The van der Waals surface area contributed by atoms with Crippen molar-refractivity contribution in [1.29, 1.82) is 0 Å². The molecule has 1 N–H and O–H groups in total. The molecule has 0 radical (unpaired) electrons. The van der Waals surface area contributed by atoms with E-state index in [0.29, 0.717) is 0 Å². The van der Waals surface area contributed by atoms with Gasteiger partial charge in [0.2, 0.25) is 0 Å². The van der Waals surface area contributed by atoms with Crippen molar-refractivity contribution in [3.63, 3.8) is 0 Å². The maximum Gasteiger partial charge on any atom is 0.00387 e. The minimum atomic E-state index is 0.719. The van der Waals surface area contributed by atoms with Crippen LogP contribution >= 0.6 is 11.8 Å². The summed E-state index contributed by atoms with van der Waals surface area (Å²) in [7, 11) is 0. The van der Waals surface area contributed by atoms with Crippen LogP contribution in [0, 0.1) is 0 Å². The molecule has 0 spiro atoms. The lowest BCUT2D eigenvalue weighted by molar-refractivity contribution is 0.481. The molecule has 0 aliphatic carbocycles. The Morgan fingerprint density at radius 2 is 1.80 bits per heavy atom. The van der Waals surface area contributed by atoms with Crippen molar-refractivity contribution in [2.45, 2.75) is 64.8 Å². The third kappa shape index (κ3) is 12.2. The summed E-state index contributed by atoms with van der Waals surface area (Å²) in [5.41, 5.74) is 0. The molecule has 0 aliphatic heterocycles. The molecule has 2 heteroatoms. The van der Waals surface area contributed by atoms with E-state index in [1.807, 2.05) is 11.8 Å². The van der Waals surface area contributed by atoms with Crippen LogP contribution in [-0.4, -0.2) is 24.6 Å². The van der Waals surface area contributed by atoms with Crippen molar-refractivity contribution in [2.75, 3.05) is 18.6 Å². The second-order valence-corrected chi connectivity index (χ2v) is 5.39. The average Bonchev–Trinajstić information content (AvgIpc) is 2.25. The summed E-state index contributed by atoms with van der Waals surface area (Å²) in [6, 6.07) is 0.719. The van der Waals surface area contributed by atoms with Gasteiger partial charge in [-0.3, -0.25) is 0 Å². The minimum absolute atomic E-state index is 0.719. The first-order valence-electron chi connectivity index (χ1n) is 6.53. The monoisotopic (exact) mass is 231 g/mol. The van der Waals surface area contributed by atoms with Gasteiger partial charge in [0.05, 0.1) is 0 Å². The highest BCUT2D eigenvalue weighted by Crippen LogP contribution is 2.04. The van der Waals surface area contributed by atoms with Crippen LogP contribution in [0.3, 0.4) is 0 Å². The highest BCUT2D eigenvalue weighted by Gasteiger charge is 1.98. The van der Waals surface area contributed by atoms with E-state index in [4.69, 9.17) is 0 Å². The molecule has 0 heterocycles. The lowest BCUT2D eigenvalue weighted by Gasteiger charge is -2.12. The van der Waals surface area contributed by atoms with E-state index in [1.54, 1.807) is 0 Å². The van der Waals surface area contributed by atoms with Crippen molar-refractivity contribution in [3.05, 3.63) is 0 Å². The molecule has 1 atom stereocenters. The summed E-state index contributed by atoms with van der Waals surface area (Å²) in [6.07, 6.45) is 11.8. The fraction of sp³-hybridized carbons (Fsp3) is 1.00. The Morgan fingerprint density at radius 1 is 1.07 bits per heavy atom. The maximum absolute atomic E-state index is 3.60. The van der Waals surface area contributed by atoms with Crippen molar-refractivity contribution in [3.8, 4) is 0 Å². The molecule has 0 bridgehead atoms. The van der Waals surface area contributed by atoms with Crippen LogP contribution in [0.25, 0.3) is 0 Å². The lowest BCUT2D eigenvalue weighted by atomic mass is 10.1. The summed E-state index contributed by atoms with van der Waals surface area (Å²) in [4.78, 5) is 0. The Morgan fingerprint density at radius 3 is 2.47 bits per heavy atom. The zero-order valence-corrected chi connectivity index (χ0v) is 11.7. The van der Waals surface area contributed by atoms with Gasteiger partial charge < -0.3 is 5.32 Å². The number of unbranched alkanes of at least 4 members (excludes halogenated alkanes) is 4. The number of rotatable bonds is 11. The van der Waals surface area contributed by atoms with E-state index in [1.165, 1.54) is 57.2 Å². The predicted molar refractivity (Wildman–Crippen MR) is 73.8 cm³/mol. The highest BCUT2D eigenvalue weighted by molar-refractivity contribution is 7.98. The van der Waals surface area contributed by atoms with E-state index >= 15 is 0 Å². The SMILES string of the molecule is CCCCC(C)NCCCCCCSC. The molecule has 15 heavy (non-hydrogen) atoms. The van der Waals surface area contributed by atoms with Crippen LogP contribution in [0.2, 0.25) is 0 Å². The highest BCUT2D eigenvalue weighted by atomic mass is 32.2. The Bertz CT molecular complexity index is 117. The van der Waals surface area contributed by atoms with E-state index in [-0.39, 0.29) is 0 Å². The summed E-state index contributed by atoms with van der Waals surface area (Å²) in [6.45, 7) is 5.78. The fourth-order valence-corrected chi connectivity index (χ4v) is 2.18. The molecule has 0 saturated carbocycles. The molecular formula is C13H29NS. The van der Waals surface area contributed by atoms with Crippen LogP contribution < -0.4 is 5.32 Å². The Labute approximate surface area is 101 Å². The van der Waals surface area contributed by atoms with Gasteiger partial charge in [-0.25, -0.2) is 0 Å². The molecule has 0 aromatic rings. The first-order valence-corrected chi connectivity index (χ1v) is 7.93. The Kier molecular flexibility index (Phi) is 12.6. The molecule has 0 aliphatic rings. The minimum Gasteiger partial charge on any atom is -0.314 e. The molecule has 0 rings (SSSR count). The van der Waals surface area contributed by atoms with Crippen LogP contribution in [-0.2, 0) is 0 Å². The normalized spacial score (nSPS) is 13.0. The molecule has 92 valence electrons. The topological polar surface area (TPSA) is 12.0 Å². The van der Waals surface area contributed by atoms with E-state index in [9.17, 15) is 0 Å². The predicted octanol–water partition coefficient (Wildman–Crippen LogP) is 4.08. The van der Waals surface area contributed by atoms with Crippen LogP contribution in [0.5, 0.6) is 0 Å². The average molecular weight is 231 g/mol. The summed E-state index contributed by atoms with van der Waals surface area (Å²) < 4.78 is 0. The molecule has 0 aromatic heterocycles. The number of hydrogen-bond donors (Lipinski definition) is 1. The standard InChI is InChI=1S/C13H29NS/c1-4-5-10-13(2)14-11-8-6-7-9-12-15-3/h13-14H,4-12H2,1-3H3. The largest absolute Gasteiger partial charge is 0.314 e. The first kappa shape index (κ1) is 15.3. The molecule has 0 saturated heterocycles. The van der Waals surface area contributed by atoms with E-state index in [0.717, 1.165) is 6.04 Å². The first-order chi connectivity index (χ1) is 7.31. The van der Waals surface area contributed by atoms with E-state index < -0.39 is 0 Å². The number of thioether (sulfide) groups is 1. The third-order valence-electron chi connectivity index (χ3n) is 2.76. The second kappa shape index (κ2) is 12.4. The quantitative estimate of drug-likeness (QED) is 0.538. The lowest BCUT2D eigenvalue weighted by Crippen LogP contribution is -2.26. The molecule has 0 fully saturated rings. The van der Waals surface area contributed by atoms with Gasteiger partial charge >= 0.3 is 0 Å². The van der Waals surface area contributed by atoms with Crippen molar-refractivity contribution >= 4 is 11.8 Å². The maximum atomic E-state index is 3.60. The molecular weight excluding hydrogens is 202 g/mol. The second-order valence-electron chi connectivity index (χ2n) is 4.40. The van der Waals surface area contributed by atoms with Crippen LogP contribution in [0.1, 0.15) is 58.8 Å². The zero-order valence-electron chi connectivity index (χ0n) is 10.8. The van der Waals surface area contributed by atoms with Crippen molar-refractivity contribution < 1.29 is 0 Å². The van der Waals surface area contributed by atoms with Gasteiger partial charge in [-0.15, -0.1) is 0 Å². The van der Waals surface area contributed by atoms with Gasteiger partial charge in [0.1, 0.15) is 0 Å². The van der Waals surface area contributed by atoms with Crippen molar-refractivity contribution in [1.82, 2.24) is 5.32 Å². The summed E-state index contributed by atoms with van der Waals surface area (Å²) in [5, 5.41) is 3.60.